The lowest BCUT2D eigenvalue weighted by molar-refractivity contribution is -0.142. The minimum Gasteiger partial charge on any atom is -0.379 e. The van der Waals surface area contributed by atoms with Crippen LogP contribution >= 0.6 is 24.0 Å². The zero-order valence-electron chi connectivity index (χ0n) is 15.5. The van der Waals surface area contributed by atoms with Crippen molar-refractivity contribution in [2.75, 3.05) is 46.4 Å². The SMILES string of the molecule is CN=C(NCc1cn(C)nc1C(F)(F)F)N1CCC(N2CCOCC2)C1.I. The first-order chi connectivity index (χ1) is 12.4. The van der Waals surface area contributed by atoms with Gasteiger partial charge in [0.2, 0.25) is 0 Å². The number of morpholine rings is 1. The third-order valence-electron chi connectivity index (χ3n) is 4.85. The van der Waals surface area contributed by atoms with E-state index in [9.17, 15) is 13.2 Å². The molecule has 2 fully saturated rings. The largest absolute Gasteiger partial charge is 0.435 e. The lowest BCUT2D eigenvalue weighted by Crippen LogP contribution is -2.46. The molecule has 3 rings (SSSR count). The molecule has 1 aromatic heterocycles. The highest BCUT2D eigenvalue weighted by molar-refractivity contribution is 14.0. The molecule has 1 unspecified atom stereocenters. The highest BCUT2D eigenvalue weighted by atomic mass is 127. The number of ether oxygens (including phenoxy) is 1. The molecule has 0 radical (unpaired) electrons. The van der Waals surface area contributed by atoms with Gasteiger partial charge in [0, 0.05) is 64.6 Å². The number of likely N-dealkylation sites (tertiary alicyclic amines) is 1. The van der Waals surface area contributed by atoms with E-state index in [1.807, 2.05) is 0 Å². The molecule has 154 valence electrons. The summed E-state index contributed by atoms with van der Waals surface area (Å²) >= 11 is 0. The number of alkyl halides is 3. The maximum absolute atomic E-state index is 13.1. The molecule has 0 aromatic carbocycles. The van der Waals surface area contributed by atoms with Gasteiger partial charge >= 0.3 is 6.18 Å². The summed E-state index contributed by atoms with van der Waals surface area (Å²) in [5, 5.41) is 6.59. The summed E-state index contributed by atoms with van der Waals surface area (Å²) in [6, 6.07) is 0.432. The van der Waals surface area contributed by atoms with Crippen molar-refractivity contribution in [3.63, 3.8) is 0 Å². The van der Waals surface area contributed by atoms with E-state index in [0.29, 0.717) is 12.0 Å². The number of aromatic nitrogens is 2. The van der Waals surface area contributed by atoms with E-state index in [1.165, 1.54) is 17.9 Å². The van der Waals surface area contributed by atoms with Gasteiger partial charge in [0.15, 0.2) is 11.7 Å². The fraction of sp³-hybridized carbons (Fsp3) is 0.750. The number of nitrogens with zero attached hydrogens (tertiary/aromatic N) is 5. The van der Waals surface area contributed by atoms with Crippen LogP contribution in [-0.2, 0) is 24.5 Å². The van der Waals surface area contributed by atoms with Crippen molar-refractivity contribution in [2.45, 2.75) is 25.2 Å². The van der Waals surface area contributed by atoms with Crippen LogP contribution in [0.5, 0.6) is 0 Å². The lowest BCUT2D eigenvalue weighted by Gasteiger charge is -2.32. The van der Waals surface area contributed by atoms with E-state index in [-0.39, 0.29) is 36.1 Å². The monoisotopic (exact) mass is 502 g/mol. The van der Waals surface area contributed by atoms with E-state index >= 15 is 0 Å². The first-order valence-corrected chi connectivity index (χ1v) is 8.75. The molecule has 7 nitrogen and oxygen atoms in total. The van der Waals surface area contributed by atoms with Crippen molar-refractivity contribution in [3.8, 4) is 0 Å². The van der Waals surface area contributed by atoms with Crippen LogP contribution < -0.4 is 5.32 Å². The molecule has 2 aliphatic rings. The molecule has 0 aliphatic carbocycles. The molecule has 1 N–H and O–H groups in total. The Morgan fingerprint density at radius 2 is 2.04 bits per heavy atom. The van der Waals surface area contributed by atoms with Crippen LogP contribution in [0.25, 0.3) is 0 Å². The van der Waals surface area contributed by atoms with Crippen molar-refractivity contribution < 1.29 is 17.9 Å². The van der Waals surface area contributed by atoms with Crippen molar-refractivity contribution in [2.24, 2.45) is 12.0 Å². The fourth-order valence-corrected chi connectivity index (χ4v) is 3.59. The van der Waals surface area contributed by atoms with E-state index in [4.69, 9.17) is 4.74 Å². The molecular formula is C16H26F3IN6O. The minimum absolute atomic E-state index is 0. The second kappa shape index (κ2) is 9.41. The summed E-state index contributed by atoms with van der Waals surface area (Å²) in [5.74, 6) is 0.623. The molecule has 0 saturated carbocycles. The van der Waals surface area contributed by atoms with E-state index in [0.717, 1.165) is 45.8 Å². The fourth-order valence-electron chi connectivity index (χ4n) is 3.59. The van der Waals surface area contributed by atoms with Crippen molar-refractivity contribution in [1.82, 2.24) is 24.9 Å². The molecule has 1 aromatic rings. The van der Waals surface area contributed by atoms with E-state index in [1.54, 1.807) is 7.05 Å². The van der Waals surface area contributed by atoms with Gasteiger partial charge in [-0.05, 0) is 6.42 Å². The minimum atomic E-state index is -4.46. The first-order valence-electron chi connectivity index (χ1n) is 8.75. The molecule has 27 heavy (non-hydrogen) atoms. The topological polar surface area (TPSA) is 57.9 Å². The average Bonchev–Trinajstić information content (AvgIpc) is 3.23. The van der Waals surface area contributed by atoms with Gasteiger partial charge in [0.05, 0.1) is 13.2 Å². The van der Waals surface area contributed by atoms with Crippen LogP contribution in [0.4, 0.5) is 13.2 Å². The summed E-state index contributed by atoms with van der Waals surface area (Å²) in [5.41, 5.74) is -0.736. The highest BCUT2D eigenvalue weighted by Crippen LogP contribution is 2.30. The molecule has 0 bridgehead atoms. The Bertz CT molecular complexity index is 645. The lowest BCUT2D eigenvalue weighted by atomic mass is 10.2. The van der Waals surface area contributed by atoms with Gasteiger partial charge in [-0.2, -0.15) is 18.3 Å². The summed E-state index contributed by atoms with van der Waals surface area (Å²) < 4.78 is 45.8. The van der Waals surface area contributed by atoms with Crippen molar-refractivity contribution in [1.29, 1.82) is 0 Å². The number of aliphatic imine (C=N–C) groups is 1. The van der Waals surface area contributed by atoms with Crippen LogP contribution in [-0.4, -0.2) is 78.0 Å². The standard InChI is InChI=1S/C16H25F3N6O.HI/c1-20-15(21-9-12-10-23(2)22-14(12)16(17,18)19)25-4-3-13(11-25)24-5-7-26-8-6-24;/h10,13H,3-9,11H2,1-2H3,(H,20,21);1H. The number of aryl methyl sites for hydroxylation is 1. The maximum atomic E-state index is 13.1. The van der Waals surface area contributed by atoms with Crippen LogP contribution in [0.3, 0.4) is 0 Å². The zero-order chi connectivity index (χ0) is 18.7. The number of rotatable bonds is 3. The Morgan fingerprint density at radius 3 is 2.67 bits per heavy atom. The van der Waals surface area contributed by atoms with E-state index < -0.39 is 11.9 Å². The highest BCUT2D eigenvalue weighted by Gasteiger charge is 2.37. The second-order valence-corrected chi connectivity index (χ2v) is 6.61. The van der Waals surface area contributed by atoms with Crippen molar-refractivity contribution in [3.05, 3.63) is 17.5 Å². The van der Waals surface area contributed by atoms with Gasteiger partial charge < -0.3 is 15.0 Å². The number of halogens is 4. The van der Waals surface area contributed by atoms with Gasteiger partial charge in [-0.25, -0.2) is 0 Å². The third kappa shape index (κ3) is 5.47. The predicted octanol–water partition coefficient (Wildman–Crippen LogP) is 1.54. The number of guanidine groups is 1. The van der Waals surface area contributed by atoms with Gasteiger partial charge in [-0.15, -0.1) is 24.0 Å². The maximum Gasteiger partial charge on any atom is 0.435 e. The van der Waals surface area contributed by atoms with Crippen LogP contribution in [0.15, 0.2) is 11.2 Å². The summed E-state index contributed by atoms with van der Waals surface area (Å²) in [6.45, 7) is 5.05. The molecule has 0 spiro atoms. The number of hydrogen-bond donors (Lipinski definition) is 1. The summed E-state index contributed by atoms with van der Waals surface area (Å²) in [7, 11) is 3.14. The normalized spacial score (nSPS) is 22.0. The Hall–Kier alpha value is -1.08. The van der Waals surface area contributed by atoms with Crippen LogP contribution in [0, 0.1) is 0 Å². The predicted molar refractivity (Wildman–Crippen MR) is 106 cm³/mol. The third-order valence-corrected chi connectivity index (χ3v) is 4.85. The molecule has 0 amide bonds. The Morgan fingerprint density at radius 1 is 1.33 bits per heavy atom. The quantitative estimate of drug-likeness (QED) is 0.386. The Labute approximate surface area is 173 Å². The molecular weight excluding hydrogens is 476 g/mol. The van der Waals surface area contributed by atoms with E-state index in [2.05, 4.69) is 25.2 Å². The van der Waals surface area contributed by atoms with Crippen molar-refractivity contribution >= 4 is 29.9 Å². The molecule has 2 aliphatic heterocycles. The average molecular weight is 502 g/mol. The Kier molecular flexibility index (Phi) is 7.74. The zero-order valence-corrected chi connectivity index (χ0v) is 17.8. The Balaban J connectivity index is 0.00000261. The second-order valence-electron chi connectivity index (χ2n) is 6.61. The van der Waals surface area contributed by atoms with Gasteiger partial charge in [-0.1, -0.05) is 0 Å². The smallest absolute Gasteiger partial charge is 0.379 e. The summed E-state index contributed by atoms with van der Waals surface area (Å²) in [4.78, 5) is 8.76. The van der Waals surface area contributed by atoms with Gasteiger partial charge in [-0.3, -0.25) is 14.6 Å². The van der Waals surface area contributed by atoms with Gasteiger partial charge in [0.25, 0.3) is 0 Å². The number of nitrogens with one attached hydrogen (secondary N) is 1. The molecule has 2 saturated heterocycles. The summed E-state index contributed by atoms with van der Waals surface area (Å²) in [6.07, 6.45) is -2.05. The van der Waals surface area contributed by atoms with Gasteiger partial charge in [0.1, 0.15) is 0 Å². The first kappa shape index (κ1) is 22.2. The number of hydrogen-bond acceptors (Lipinski definition) is 4. The molecule has 3 heterocycles. The van der Waals surface area contributed by atoms with Crippen LogP contribution in [0.2, 0.25) is 0 Å². The van der Waals surface area contributed by atoms with Crippen LogP contribution in [0.1, 0.15) is 17.7 Å². The molecule has 11 heteroatoms. The molecule has 1 atom stereocenters.